The van der Waals surface area contributed by atoms with Gasteiger partial charge in [0, 0.05) is 9.50 Å². The molecule has 0 aliphatic carbocycles. The summed E-state index contributed by atoms with van der Waals surface area (Å²) in [7, 11) is 0. The van der Waals surface area contributed by atoms with Crippen LogP contribution in [0.1, 0.15) is 28.9 Å². The van der Waals surface area contributed by atoms with Crippen LogP contribution in [0.4, 0.5) is 4.39 Å². The van der Waals surface area contributed by atoms with Gasteiger partial charge in [-0.05, 0) is 58.7 Å². The Morgan fingerprint density at radius 3 is 2.70 bits per heavy atom. The van der Waals surface area contributed by atoms with Crippen LogP contribution in [0, 0.1) is 5.82 Å². The summed E-state index contributed by atoms with van der Waals surface area (Å²) in [4.78, 5) is 12.2. The molecule has 0 aromatic heterocycles. The fourth-order valence-electron chi connectivity index (χ4n) is 1.81. The highest BCUT2D eigenvalue weighted by Gasteiger charge is 2.14. The molecule has 0 saturated carbocycles. The van der Waals surface area contributed by atoms with E-state index >= 15 is 0 Å². The summed E-state index contributed by atoms with van der Waals surface area (Å²) in [6.07, 6.45) is 0. The molecule has 0 radical (unpaired) electrons. The van der Waals surface area contributed by atoms with E-state index < -0.39 is 0 Å². The van der Waals surface area contributed by atoms with Gasteiger partial charge in [-0.2, -0.15) is 0 Å². The van der Waals surface area contributed by atoms with E-state index in [1.165, 1.54) is 12.1 Å². The first-order valence-electron chi connectivity index (χ1n) is 5.99. The number of carbonyl (C=O) groups is 1. The highest BCUT2D eigenvalue weighted by atomic mass is 79.9. The van der Waals surface area contributed by atoms with Crippen molar-refractivity contribution in [1.29, 1.82) is 0 Å². The molecule has 0 aliphatic heterocycles. The molecule has 104 valence electrons. The largest absolute Gasteiger partial charge is 0.345 e. The Morgan fingerprint density at radius 2 is 2.05 bits per heavy atom. The first-order valence-corrected chi connectivity index (χ1v) is 7.16. The molecule has 0 bridgehead atoms. The van der Waals surface area contributed by atoms with E-state index in [2.05, 4.69) is 21.2 Å². The van der Waals surface area contributed by atoms with Crippen molar-refractivity contribution in [3.05, 3.63) is 68.9 Å². The number of amides is 1. The molecule has 0 spiro atoms. The van der Waals surface area contributed by atoms with Crippen molar-refractivity contribution in [3.63, 3.8) is 0 Å². The predicted octanol–water partition coefficient (Wildman–Crippen LogP) is 4.73. The first kappa shape index (κ1) is 15.0. The molecule has 20 heavy (non-hydrogen) atoms. The van der Waals surface area contributed by atoms with Gasteiger partial charge in [0.1, 0.15) is 5.82 Å². The van der Waals surface area contributed by atoms with Gasteiger partial charge in [-0.25, -0.2) is 4.39 Å². The van der Waals surface area contributed by atoms with Crippen molar-refractivity contribution in [2.45, 2.75) is 13.0 Å². The fraction of sp³-hybridized carbons (Fsp3) is 0.133. The van der Waals surface area contributed by atoms with Gasteiger partial charge < -0.3 is 5.32 Å². The van der Waals surface area contributed by atoms with Crippen LogP contribution in [-0.4, -0.2) is 5.91 Å². The van der Waals surface area contributed by atoms with Gasteiger partial charge in [-0.1, -0.05) is 23.7 Å². The molecule has 2 aromatic rings. The lowest BCUT2D eigenvalue weighted by Crippen LogP contribution is -2.27. The van der Waals surface area contributed by atoms with E-state index in [4.69, 9.17) is 11.6 Å². The number of benzene rings is 2. The molecular formula is C15H12BrClFNO. The van der Waals surface area contributed by atoms with Gasteiger partial charge in [0.05, 0.1) is 11.6 Å². The quantitative estimate of drug-likeness (QED) is 0.846. The maximum Gasteiger partial charge on any atom is 0.252 e. The number of hydrogen-bond acceptors (Lipinski definition) is 1. The van der Waals surface area contributed by atoms with Crippen LogP contribution in [0.5, 0.6) is 0 Å². The van der Waals surface area contributed by atoms with Crippen molar-refractivity contribution in [3.8, 4) is 0 Å². The first-order chi connectivity index (χ1) is 9.47. The average molecular weight is 357 g/mol. The molecule has 0 fully saturated rings. The molecule has 2 rings (SSSR count). The maximum absolute atomic E-state index is 13.2. The van der Waals surface area contributed by atoms with E-state index in [9.17, 15) is 9.18 Å². The summed E-state index contributed by atoms with van der Waals surface area (Å²) in [5, 5.41) is 3.37. The topological polar surface area (TPSA) is 29.1 Å². The zero-order chi connectivity index (χ0) is 14.7. The second kappa shape index (κ2) is 6.37. The van der Waals surface area contributed by atoms with Gasteiger partial charge in [0.25, 0.3) is 5.91 Å². The third-order valence-electron chi connectivity index (χ3n) is 2.87. The van der Waals surface area contributed by atoms with Crippen molar-refractivity contribution in [1.82, 2.24) is 5.32 Å². The van der Waals surface area contributed by atoms with Crippen LogP contribution in [0.2, 0.25) is 5.02 Å². The van der Waals surface area contributed by atoms with Crippen LogP contribution in [0.15, 0.2) is 46.9 Å². The van der Waals surface area contributed by atoms with Crippen LogP contribution in [0.3, 0.4) is 0 Å². The fourth-order valence-corrected chi connectivity index (χ4v) is 2.67. The third kappa shape index (κ3) is 3.58. The molecule has 2 nitrogen and oxygen atoms in total. The smallest absolute Gasteiger partial charge is 0.252 e. The summed E-state index contributed by atoms with van der Waals surface area (Å²) >= 11 is 9.14. The second-order valence-corrected chi connectivity index (χ2v) is 5.67. The summed E-state index contributed by atoms with van der Waals surface area (Å²) in [5.41, 5.74) is 1.20. The van der Waals surface area contributed by atoms with Crippen molar-refractivity contribution in [2.24, 2.45) is 0 Å². The van der Waals surface area contributed by atoms with Gasteiger partial charge in [0.15, 0.2) is 0 Å². The summed E-state index contributed by atoms with van der Waals surface area (Å²) in [5.74, 6) is -0.568. The third-order valence-corrected chi connectivity index (χ3v) is 3.76. The van der Waals surface area contributed by atoms with Crippen molar-refractivity contribution >= 4 is 33.4 Å². The standard InChI is InChI=1S/C15H12BrClFNO/c1-9(10-3-2-4-12(18)7-10)19-15(20)13-6-5-11(17)8-14(13)16/h2-9H,1H3,(H,19,20). The van der Waals surface area contributed by atoms with Crippen molar-refractivity contribution < 1.29 is 9.18 Å². The predicted molar refractivity (Wildman–Crippen MR) is 81.4 cm³/mol. The Bertz CT molecular complexity index is 648. The minimum Gasteiger partial charge on any atom is -0.345 e. The van der Waals surface area contributed by atoms with Crippen LogP contribution < -0.4 is 5.32 Å². The highest BCUT2D eigenvalue weighted by molar-refractivity contribution is 9.10. The second-order valence-electron chi connectivity index (χ2n) is 4.37. The van der Waals surface area contributed by atoms with Crippen LogP contribution in [0.25, 0.3) is 0 Å². The Morgan fingerprint density at radius 1 is 1.30 bits per heavy atom. The number of halogens is 3. The van der Waals surface area contributed by atoms with E-state index in [1.807, 2.05) is 0 Å². The molecule has 0 heterocycles. The molecule has 1 amide bonds. The Balaban J connectivity index is 2.15. The lowest BCUT2D eigenvalue weighted by atomic mass is 10.1. The molecule has 2 aromatic carbocycles. The Labute approximate surface area is 130 Å². The Kier molecular flexibility index (Phi) is 4.78. The zero-order valence-electron chi connectivity index (χ0n) is 10.7. The van der Waals surface area contributed by atoms with Gasteiger partial charge >= 0.3 is 0 Å². The lowest BCUT2D eigenvalue weighted by molar-refractivity contribution is 0.0939. The monoisotopic (exact) mass is 355 g/mol. The van der Waals surface area contributed by atoms with E-state index in [1.54, 1.807) is 37.3 Å². The van der Waals surface area contributed by atoms with E-state index in [0.717, 1.165) is 0 Å². The van der Waals surface area contributed by atoms with Crippen LogP contribution in [-0.2, 0) is 0 Å². The number of carbonyl (C=O) groups excluding carboxylic acids is 1. The zero-order valence-corrected chi connectivity index (χ0v) is 13.0. The summed E-state index contributed by atoms with van der Waals surface area (Å²) < 4.78 is 13.8. The lowest BCUT2D eigenvalue weighted by Gasteiger charge is -2.15. The molecule has 1 N–H and O–H groups in total. The van der Waals surface area contributed by atoms with E-state index in [0.29, 0.717) is 20.6 Å². The van der Waals surface area contributed by atoms with Gasteiger partial charge in [0.2, 0.25) is 0 Å². The number of hydrogen-bond donors (Lipinski definition) is 1. The number of rotatable bonds is 3. The van der Waals surface area contributed by atoms with Gasteiger partial charge in [-0.15, -0.1) is 0 Å². The van der Waals surface area contributed by atoms with Gasteiger partial charge in [-0.3, -0.25) is 4.79 Å². The molecule has 5 heteroatoms. The van der Waals surface area contributed by atoms with E-state index in [-0.39, 0.29) is 17.8 Å². The molecule has 1 unspecified atom stereocenters. The molecule has 0 aliphatic rings. The molecule has 0 saturated heterocycles. The summed E-state index contributed by atoms with van der Waals surface area (Å²) in [6, 6.07) is 10.8. The minimum absolute atomic E-state index is 0.245. The SMILES string of the molecule is CC(NC(=O)c1ccc(Cl)cc1Br)c1cccc(F)c1. The Hall–Kier alpha value is -1.39. The summed E-state index contributed by atoms with van der Waals surface area (Å²) in [6.45, 7) is 1.80. The minimum atomic E-state index is -0.323. The highest BCUT2D eigenvalue weighted by Crippen LogP contribution is 2.22. The average Bonchev–Trinajstić information content (AvgIpc) is 2.38. The number of nitrogens with one attached hydrogen (secondary N) is 1. The molecular weight excluding hydrogens is 345 g/mol. The van der Waals surface area contributed by atoms with Crippen LogP contribution >= 0.6 is 27.5 Å². The van der Waals surface area contributed by atoms with Crippen molar-refractivity contribution in [2.75, 3.05) is 0 Å². The molecule has 1 atom stereocenters. The maximum atomic E-state index is 13.2. The normalized spacial score (nSPS) is 12.0.